The number of fused-ring (bicyclic) bond motifs is 1. The van der Waals surface area contributed by atoms with Crippen molar-refractivity contribution >= 4 is 40.3 Å². The number of primary amides is 1. The van der Waals surface area contributed by atoms with Gasteiger partial charge in [0.1, 0.15) is 16.5 Å². The van der Waals surface area contributed by atoms with Crippen molar-refractivity contribution in [1.29, 1.82) is 0 Å². The zero-order valence-electron chi connectivity index (χ0n) is 14.7. The Bertz CT molecular complexity index is 1270. The highest BCUT2D eigenvalue weighted by Gasteiger charge is 2.22. The number of H-pyrrole nitrogens is 1. The molecule has 146 valence electrons. The molecule has 2 aromatic carbocycles. The molecule has 0 radical (unpaired) electrons. The van der Waals surface area contributed by atoms with Gasteiger partial charge in [0, 0.05) is 5.02 Å². The van der Waals surface area contributed by atoms with Gasteiger partial charge >= 0.3 is 0 Å². The summed E-state index contributed by atoms with van der Waals surface area (Å²) < 4.78 is 14.7. The summed E-state index contributed by atoms with van der Waals surface area (Å²) in [5, 5.41) is 4.34. The molecule has 10 heteroatoms. The van der Waals surface area contributed by atoms with Gasteiger partial charge in [0.15, 0.2) is 10.8 Å². The van der Waals surface area contributed by atoms with E-state index in [2.05, 4.69) is 15.1 Å². The van der Waals surface area contributed by atoms with Crippen LogP contribution in [0, 0.1) is 5.82 Å². The number of carbonyl (C=O) groups is 1. The number of nitrogens with one attached hydrogen (secondary N) is 1. The molecule has 29 heavy (non-hydrogen) atoms. The smallest absolute Gasteiger partial charge is 0.262 e. The van der Waals surface area contributed by atoms with Crippen LogP contribution in [0.1, 0.15) is 10.8 Å². The predicted molar refractivity (Wildman–Crippen MR) is 109 cm³/mol. The molecule has 0 bridgehead atoms. The van der Waals surface area contributed by atoms with Gasteiger partial charge in [-0.1, -0.05) is 41.6 Å². The molecule has 0 spiro atoms. The maximum Gasteiger partial charge on any atom is 0.262 e. The lowest BCUT2D eigenvalue weighted by Gasteiger charge is -2.13. The van der Waals surface area contributed by atoms with Crippen molar-refractivity contribution in [3.05, 3.63) is 81.5 Å². The van der Waals surface area contributed by atoms with Crippen LogP contribution in [-0.2, 0) is 4.79 Å². The van der Waals surface area contributed by atoms with Crippen molar-refractivity contribution in [3.63, 3.8) is 0 Å². The van der Waals surface area contributed by atoms with E-state index in [1.807, 2.05) is 0 Å². The average molecular weight is 430 g/mol. The number of nitrogens with two attached hydrogens (primary N) is 1. The van der Waals surface area contributed by atoms with E-state index >= 15 is 0 Å². The highest BCUT2D eigenvalue weighted by Crippen LogP contribution is 2.33. The highest BCUT2D eigenvalue weighted by molar-refractivity contribution is 8.00. The van der Waals surface area contributed by atoms with Crippen LogP contribution < -0.4 is 11.3 Å². The van der Waals surface area contributed by atoms with Gasteiger partial charge in [-0.05, 0) is 35.9 Å². The van der Waals surface area contributed by atoms with E-state index in [4.69, 9.17) is 17.3 Å². The number of hydrogen-bond acceptors (Lipinski definition) is 5. The molecule has 2 heterocycles. The van der Waals surface area contributed by atoms with Gasteiger partial charge in [-0.3, -0.25) is 9.59 Å². The zero-order chi connectivity index (χ0) is 20.5. The Morgan fingerprint density at radius 1 is 1.24 bits per heavy atom. The lowest BCUT2D eigenvalue weighted by Crippen LogP contribution is -2.20. The number of rotatable bonds is 5. The molecule has 1 atom stereocenters. The molecule has 0 aliphatic heterocycles. The Morgan fingerprint density at radius 3 is 2.69 bits per heavy atom. The quantitative estimate of drug-likeness (QED) is 0.374. The van der Waals surface area contributed by atoms with E-state index in [9.17, 15) is 14.0 Å². The first-order valence-corrected chi connectivity index (χ1v) is 9.63. The summed E-state index contributed by atoms with van der Waals surface area (Å²) in [5.41, 5.74) is 6.54. The molecule has 0 fully saturated rings. The molecular formula is C19H13ClFN5O2S. The van der Waals surface area contributed by atoms with Crippen molar-refractivity contribution in [2.45, 2.75) is 10.4 Å². The first kappa shape index (κ1) is 19.2. The van der Waals surface area contributed by atoms with E-state index in [1.54, 1.807) is 24.3 Å². The molecule has 1 amide bonds. The number of amides is 1. The van der Waals surface area contributed by atoms with E-state index in [-0.39, 0.29) is 10.5 Å². The minimum Gasteiger partial charge on any atom is -0.368 e. The van der Waals surface area contributed by atoms with Gasteiger partial charge in [-0.15, -0.1) is 0 Å². The van der Waals surface area contributed by atoms with Crippen molar-refractivity contribution < 1.29 is 9.18 Å². The molecule has 7 nitrogen and oxygen atoms in total. The van der Waals surface area contributed by atoms with Crippen molar-refractivity contribution in [2.75, 3.05) is 0 Å². The number of thioether (sulfide) groups is 1. The molecular weight excluding hydrogens is 417 g/mol. The van der Waals surface area contributed by atoms with Gasteiger partial charge < -0.3 is 10.7 Å². The summed E-state index contributed by atoms with van der Waals surface area (Å²) in [6.07, 6.45) is 1.40. The van der Waals surface area contributed by atoms with E-state index in [0.29, 0.717) is 21.9 Å². The number of benzene rings is 2. The zero-order valence-corrected chi connectivity index (χ0v) is 16.2. The minimum atomic E-state index is -0.862. The summed E-state index contributed by atoms with van der Waals surface area (Å²) in [6.45, 7) is 0. The topological polar surface area (TPSA) is 107 Å². The molecule has 0 aliphatic carbocycles. The van der Waals surface area contributed by atoms with E-state index in [0.717, 1.165) is 11.8 Å². The van der Waals surface area contributed by atoms with E-state index < -0.39 is 22.5 Å². The fourth-order valence-electron chi connectivity index (χ4n) is 2.79. The van der Waals surface area contributed by atoms with Crippen LogP contribution in [0.2, 0.25) is 5.02 Å². The lowest BCUT2D eigenvalue weighted by molar-refractivity contribution is -0.117. The predicted octanol–water partition coefficient (Wildman–Crippen LogP) is 3.22. The number of halogens is 2. The van der Waals surface area contributed by atoms with Crippen LogP contribution in [0.5, 0.6) is 0 Å². The van der Waals surface area contributed by atoms with Crippen molar-refractivity contribution in [3.8, 4) is 5.69 Å². The largest absolute Gasteiger partial charge is 0.368 e. The molecule has 0 saturated carbocycles. The first-order chi connectivity index (χ1) is 13.9. The van der Waals surface area contributed by atoms with Gasteiger partial charge in [-0.25, -0.2) is 14.1 Å². The number of aromatic amines is 1. The second kappa shape index (κ2) is 7.69. The third-order valence-electron chi connectivity index (χ3n) is 4.13. The monoisotopic (exact) mass is 429 g/mol. The Kier molecular flexibility index (Phi) is 5.08. The SMILES string of the molecule is NC(=O)C(Sc1nc2c(cnn2-c2cccc(Cl)c2)c(=O)[nH]1)c1ccc(F)cc1. The van der Waals surface area contributed by atoms with Gasteiger partial charge in [0.2, 0.25) is 5.91 Å². The Balaban J connectivity index is 1.77. The van der Waals surface area contributed by atoms with Crippen LogP contribution >= 0.6 is 23.4 Å². The Hall–Kier alpha value is -3.17. The molecule has 0 saturated heterocycles. The number of nitrogens with zero attached hydrogens (tertiary/aromatic N) is 3. The molecule has 4 aromatic rings. The summed E-state index contributed by atoms with van der Waals surface area (Å²) in [7, 11) is 0. The standard InChI is InChI=1S/C19H13ClFN5O2S/c20-11-2-1-3-13(8-11)26-17-14(9-23-26)18(28)25-19(24-17)29-15(16(22)27)10-4-6-12(21)7-5-10/h1-9,15H,(H2,22,27)(H,24,25,28). The van der Waals surface area contributed by atoms with Gasteiger partial charge in [-0.2, -0.15) is 5.10 Å². The van der Waals surface area contributed by atoms with Crippen LogP contribution in [0.3, 0.4) is 0 Å². The molecule has 0 aliphatic rings. The number of hydrogen-bond donors (Lipinski definition) is 2. The fraction of sp³-hybridized carbons (Fsp3) is 0.0526. The average Bonchev–Trinajstić information content (AvgIpc) is 3.11. The van der Waals surface area contributed by atoms with E-state index in [1.165, 1.54) is 35.1 Å². The van der Waals surface area contributed by atoms with Crippen molar-refractivity contribution in [1.82, 2.24) is 19.7 Å². The normalized spacial score (nSPS) is 12.2. The van der Waals surface area contributed by atoms with Crippen LogP contribution in [0.25, 0.3) is 16.7 Å². The number of aromatic nitrogens is 4. The van der Waals surface area contributed by atoms with Gasteiger partial charge in [0.05, 0.1) is 11.9 Å². The second-order valence-electron chi connectivity index (χ2n) is 6.10. The van der Waals surface area contributed by atoms with Gasteiger partial charge in [0.25, 0.3) is 5.56 Å². The molecule has 1 unspecified atom stereocenters. The third-order valence-corrected chi connectivity index (χ3v) is 5.52. The third kappa shape index (κ3) is 3.87. The summed E-state index contributed by atoms with van der Waals surface area (Å²) in [5.74, 6) is -1.08. The summed E-state index contributed by atoms with van der Waals surface area (Å²) in [6, 6.07) is 12.3. The van der Waals surface area contributed by atoms with Crippen LogP contribution in [0.4, 0.5) is 4.39 Å². The van der Waals surface area contributed by atoms with Crippen LogP contribution in [-0.4, -0.2) is 25.7 Å². The first-order valence-electron chi connectivity index (χ1n) is 8.38. The van der Waals surface area contributed by atoms with Crippen molar-refractivity contribution in [2.24, 2.45) is 5.73 Å². The highest BCUT2D eigenvalue weighted by atomic mass is 35.5. The maximum atomic E-state index is 13.2. The molecule has 2 aromatic heterocycles. The molecule has 4 rings (SSSR count). The maximum absolute atomic E-state index is 13.2. The minimum absolute atomic E-state index is 0.180. The Morgan fingerprint density at radius 2 is 2.00 bits per heavy atom. The molecule has 3 N–H and O–H groups in total. The second-order valence-corrected chi connectivity index (χ2v) is 7.63. The fourth-order valence-corrected chi connectivity index (χ4v) is 3.90. The summed E-state index contributed by atoms with van der Waals surface area (Å²) in [4.78, 5) is 31.5. The Labute approximate surface area is 172 Å². The number of carbonyl (C=O) groups excluding carboxylic acids is 1. The van der Waals surface area contributed by atoms with Crippen LogP contribution in [0.15, 0.2) is 64.7 Å². The summed E-state index contributed by atoms with van der Waals surface area (Å²) >= 11 is 7.01. The lowest BCUT2D eigenvalue weighted by atomic mass is 10.1.